The highest BCUT2D eigenvalue weighted by Gasteiger charge is 2.67. The van der Waals surface area contributed by atoms with Gasteiger partial charge in [0.1, 0.15) is 0 Å². The van der Waals surface area contributed by atoms with E-state index in [9.17, 15) is 0 Å². The third kappa shape index (κ3) is 2.32. The maximum Gasteiger partial charge on any atom is 0.0544 e. The van der Waals surface area contributed by atoms with Gasteiger partial charge < -0.3 is 0 Å². The summed E-state index contributed by atoms with van der Waals surface area (Å²) < 4.78 is 0. The van der Waals surface area contributed by atoms with Crippen molar-refractivity contribution < 1.29 is 0 Å². The summed E-state index contributed by atoms with van der Waals surface area (Å²) in [4.78, 5) is 0. The van der Waals surface area contributed by atoms with Crippen LogP contribution >= 0.6 is 0 Å². The summed E-state index contributed by atoms with van der Waals surface area (Å²) in [6.07, 6.45) is 10.6. The topological polar surface area (TPSA) is 0 Å². The van der Waals surface area contributed by atoms with Crippen molar-refractivity contribution in [2.24, 2.45) is 16.7 Å². The number of rotatable bonds is 4. The van der Waals surface area contributed by atoms with Gasteiger partial charge in [0.2, 0.25) is 0 Å². The molecule has 0 atom stereocenters. The largest absolute Gasteiger partial charge is 0.0680 e. The minimum atomic E-state index is 0.0315. The number of benzene rings is 1. The van der Waals surface area contributed by atoms with Gasteiger partial charge in [-0.2, -0.15) is 0 Å². The molecule has 21 heavy (non-hydrogen) atoms. The van der Waals surface area contributed by atoms with Crippen LogP contribution in [0.2, 0.25) is 6.04 Å². The van der Waals surface area contributed by atoms with Gasteiger partial charge in [0.05, 0.1) is 9.52 Å². The first-order valence-corrected chi connectivity index (χ1v) is 10.9. The van der Waals surface area contributed by atoms with Crippen molar-refractivity contribution in [3.63, 3.8) is 0 Å². The van der Waals surface area contributed by atoms with Gasteiger partial charge in [-0.3, -0.25) is 0 Å². The second-order valence-corrected chi connectivity index (χ2v) is 11.1. The molecule has 0 saturated heterocycles. The molecule has 1 aromatic rings. The van der Waals surface area contributed by atoms with E-state index in [-0.39, 0.29) is 9.52 Å². The van der Waals surface area contributed by atoms with E-state index in [0.29, 0.717) is 0 Å². The van der Waals surface area contributed by atoms with E-state index in [1.807, 2.05) is 0 Å². The lowest BCUT2D eigenvalue weighted by atomic mass is 9.32. The van der Waals surface area contributed by atoms with E-state index in [1.54, 1.807) is 30.0 Å². The van der Waals surface area contributed by atoms with Crippen molar-refractivity contribution in [1.82, 2.24) is 0 Å². The first-order valence-electron chi connectivity index (χ1n) is 9.21. The Morgan fingerprint density at radius 2 is 1.62 bits per heavy atom. The zero-order valence-electron chi connectivity index (χ0n) is 13.8. The summed E-state index contributed by atoms with van der Waals surface area (Å²) in [5, 5.41) is 1.65. The maximum absolute atomic E-state index is 2.50. The average Bonchev–Trinajstić information content (AvgIpc) is 2.45. The second-order valence-electron chi connectivity index (χ2n) is 8.74. The van der Waals surface area contributed by atoms with Crippen LogP contribution in [-0.2, 0) is 0 Å². The molecule has 0 radical (unpaired) electrons. The zero-order chi connectivity index (χ0) is 14.5. The first-order chi connectivity index (χ1) is 10.1. The van der Waals surface area contributed by atoms with Crippen molar-refractivity contribution in [3.8, 4) is 0 Å². The Labute approximate surface area is 132 Å². The fourth-order valence-electron chi connectivity index (χ4n) is 6.11. The Hall–Kier alpha value is -0.563. The molecule has 0 aromatic heterocycles. The average molecular weight is 299 g/mol. The molecular weight excluding hydrogens is 268 g/mol. The Bertz CT molecular complexity index is 487. The van der Waals surface area contributed by atoms with Crippen LogP contribution in [0.3, 0.4) is 0 Å². The molecule has 4 fully saturated rings. The van der Waals surface area contributed by atoms with Crippen LogP contribution in [0.5, 0.6) is 0 Å². The van der Waals surface area contributed by atoms with Gasteiger partial charge in [0.25, 0.3) is 0 Å². The van der Waals surface area contributed by atoms with Crippen LogP contribution in [0.1, 0.15) is 70.3 Å². The van der Waals surface area contributed by atoms with Crippen LogP contribution in [0.25, 0.3) is 0 Å². The lowest BCUT2D eigenvalue weighted by Crippen LogP contribution is -2.63. The Morgan fingerprint density at radius 1 is 1.00 bits per heavy atom. The number of hydrogen-bond acceptors (Lipinski definition) is 0. The van der Waals surface area contributed by atoms with Gasteiger partial charge in [0, 0.05) is 0 Å². The van der Waals surface area contributed by atoms with Gasteiger partial charge in [0.15, 0.2) is 0 Å². The molecule has 0 amide bonds. The Kier molecular flexibility index (Phi) is 3.33. The van der Waals surface area contributed by atoms with Gasteiger partial charge in [-0.1, -0.05) is 49.3 Å². The fourth-order valence-corrected chi connectivity index (χ4v) is 7.26. The smallest absolute Gasteiger partial charge is 0.0544 e. The highest BCUT2D eigenvalue weighted by Crippen LogP contribution is 2.77. The van der Waals surface area contributed by atoms with E-state index in [0.717, 1.165) is 22.7 Å². The number of hydrogen-bond donors (Lipinski definition) is 0. The summed E-state index contributed by atoms with van der Waals surface area (Å²) in [5.41, 5.74) is 3.25. The van der Waals surface area contributed by atoms with Crippen LogP contribution in [0.4, 0.5) is 0 Å². The molecule has 0 N–H and O–H groups in total. The minimum absolute atomic E-state index is 0.0315. The SMILES string of the molecule is CC[SiH2]c1ccc([C@H]2CC[C@H](C34CC(C)(C3)C4)CC2)cc1. The third-order valence-corrected chi connectivity index (χ3v) is 8.47. The quantitative estimate of drug-likeness (QED) is 0.724. The third-order valence-electron chi connectivity index (χ3n) is 6.92. The van der Waals surface area contributed by atoms with E-state index in [1.165, 1.54) is 31.7 Å². The van der Waals surface area contributed by atoms with Crippen molar-refractivity contribution in [2.45, 2.75) is 70.8 Å². The van der Waals surface area contributed by atoms with Crippen molar-refractivity contribution >= 4 is 14.7 Å². The normalized spacial score (nSPS) is 41.8. The van der Waals surface area contributed by atoms with Crippen LogP contribution in [-0.4, -0.2) is 9.52 Å². The highest BCUT2D eigenvalue weighted by atomic mass is 28.2. The molecule has 0 heterocycles. The van der Waals surface area contributed by atoms with Gasteiger partial charge in [-0.25, -0.2) is 0 Å². The summed E-state index contributed by atoms with van der Waals surface area (Å²) in [5.74, 6) is 1.93. The molecule has 0 aliphatic heterocycles. The fraction of sp³-hybridized carbons (Fsp3) is 0.700. The second kappa shape index (κ2) is 4.98. The maximum atomic E-state index is 2.50. The predicted octanol–water partition coefficient (Wildman–Crippen LogP) is 4.38. The molecule has 4 aliphatic carbocycles. The van der Waals surface area contributed by atoms with Crippen molar-refractivity contribution in [2.75, 3.05) is 0 Å². The summed E-state index contributed by atoms with van der Waals surface area (Å²) in [6.45, 7) is 4.83. The lowest BCUT2D eigenvalue weighted by molar-refractivity contribution is -0.230. The highest BCUT2D eigenvalue weighted by molar-refractivity contribution is 6.53. The molecule has 0 spiro atoms. The standard InChI is InChI=1S/C20H30Si/c1-3-21-18-10-6-16(7-11-18)15-4-8-17(9-5-15)20-12-19(2,13-20)14-20/h6-7,10-11,15,17H,3-5,8-9,12-14,21H2,1-2H3/t15-,17-,19?,20?. The lowest BCUT2D eigenvalue weighted by Gasteiger charge is -2.73. The van der Waals surface area contributed by atoms with E-state index < -0.39 is 0 Å². The molecule has 1 aromatic carbocycles. The summed E-state index contributed by atoms with van der Waals surface area (Å²) in [7, 11) is 0.0315. The van der Waals surface area contributed by atoms with Crippen LogP contribution in [0, 0.1) is 16.7 Å². The van der Waals surface area contributed by atoms with E-state index in [2.05, 4.69) is 38.1 Å². The molecule has 5 rings (SSSR count). The van der Waals surface area contributed by atoms with Crippen LogP contribution in [0.15, 0.2) is 24.3 Å². The monoisotopic (exact) mass is 298 g/mol. The van der Waals surface area contributed by atoms with Gasteiger partial charge in [-0.05, 0) is 73.2 Å². The van der Waals surface area contributed by atoms with Crippen LogP contribution < -0.4 is 5.19 Å². The molecule has 4 aliphatic rings. The van der Waals surface area contributed by atoms with Crippen molar-refractivity contribution in [3.05, 3.63) is 29.8 Å². The molecule has 4 saturated carbocycles. The molecule has 1 heteroatoms. The summed E-state index contributed by atoms with van der Waals surface area (Å²) in [6, 6.07) is 11.2. The van der Waals surface area contributed by atoms with Crippen molar-refractivity contribution in [1.29, 1.82) is 0 Å². The van der Waals surface area contributed by atoms with E-state index in [4.69, 9.17) is 0 Å². The zero-order valence-corrected chi connectivity index (χ0v) is 15.2. The predicted molar refractivity (Wildman–Crippen MR) is 94.2 cm³/mol. The first kappa shape index (κ1) is 14.1. The molecule has 0 unspecified atom stereocenters. The molecular formula is C20H30Si. The Morgan fingerprint density at radius 3 is 2.14 bits per heavy atom. The summed E-state index contributed by atoms with van der Waals surface area (Å²) >= 11 is 0. The Balaban J connectivity index is 1.34. The molecule has 2 bridgehead atoms. The van der Waals surface area contributed by atoms with E-state index >= 15 is 0 Å². The van der Waals surface area contributed by atoms with Gasteiger partial charge in [-0.15, -0.1) is 0 Å². The molecule has 114 valence electrons. The van der Waals surface area contributed by atoms with Gasteiger partial charge >= 0.3 is 0 Å². The molecule has 0 nitrogen and oxygen atoms in total. The minimum Gasteiger partial charge on any atom is -0.0680 e.